The highest BCUT2D eigenvalue weighted by molar-refractivity contribution is 5.84. The Balaban J connectivity index is 2.31. The molecule has 0 spiro atoms. The molecule has 0 saturated heterocycles. The van der Waals surface area contributed by atoms with Crippen molar-refractivity contribution in [2.75, 3.05) is 0 Å². The molecule has 1 aliphatic heterocycles. The Labute approximate surface area is 264 Å². The third-order valence-corrected chi connectivity index (χ3v) is 9.37. The number of aryl methyl sites for hydroxylation is 4. The molecule has 0 unspecified atom stereocenters. The van der Waals surface area contributed by atoms with E-state index >= 15 is 0 Å². The zero-order valence-electron chi connectivity index (χ0n) is 29.0. The quantitative estimate of drug-likeness (QED) is 0.124. The first-order valence-electron chi connectivity index (χ1n) is 17.7. The summed E-state index contributed by atoms with van der Waals surface area (Å²) in [5, 5.41) is 0. The van der Waals surface area contributed by atoms with E-state index in [0.29, 0.717) is 0 Å². The van der Waals surface area contributed by atoms with Crippen LogP contribution in [0, 0.1) is 20.8 Å². The molecule has 0 amide bonds. The fraction of sp³-hybridized carbons (Fsp3) is 0.561. The third-order valence-electron chi connectivity index (χ3n) is 9.37. The van der Waals surface area contributed by atoms with Crippen molar-refractivity contribution in [1.82, 2.24) is 0 Å². The molecular formula is C41H60N2. The molecule has 0 aliphatic carbocycles. The highest BCUT2D eigenvalue weighted by Gasteiger charge is 2.35. The van der Waals surface area contributed by atoms with Crippen LogP contribution in [-0.4, -0.2) is 4.70 Å². The Morgan fingerprint density at radius 3 is 1.63 bits per heavy atom. The van der Waals surface area contributed by atoms with Gasteiger partial charge in [-0.25, -0.2) is 4.70 Å². The molecule has 1 aliphatic rings. The van der Waals surface area contributed by atoms with Crippen molar-refractivity contribution in [2.24, 2.45) is 0 Å². The van der Waals surface area contributed by atoms with Gasteiger partial charge in [0, 0.05) is 16.7 Å². The molecule has 2 heteroatoms. The maximum atomic E-state index is 12.3. The number of benzene rings is 2. The summed E-state index contributed by atoms with van der Waals surface area (Å²) in [7, 11) is 0. The van der Waals surface area contributed by atoms with Crippen LogP contribution in [0.15, 0.2) is 47.6 Å². The lowest BCUT2D eigenvalue weighted by Crippen LogP contribution is -2.08. The average molecular weight is 581 g/mol. The van der Waals surface area contributed by atoms with Crippen molar-refractivity contribution in [2.45, 2.75) is 152 Å². The summed E-state index contributed by atoms with van der Waals surface area (Å²) >= 11 is 0. The second-order valence-corrected chi connectivity index (χ2v) is 12.9. The highest BCUT2D eigenvalue weighted by atomic mass is 15.2. The zero-order chi connectivity index (χ0) is 31.4. The fourth-order valence-corrected chi connectivity index (χ4v) is 6.47. The van der Waals surface area contributed by atoms with Crippen LogP contribution in [0.5, 0.6) is 0 Å². The SMILES string of the molecule is CCCCC=CC1=C(c2cc(C)c(C)c(C)c2)[N+](=[N-])C(c2cc(CCCC)c(CCCC)c(CCCC)c2)=C1CCCC. The van der Waals surface area contributed by atoms with E-state index < -0.39 is 0 Å². The smallest absolute Gasteiger partial charge is 0.215 e. The Morgan fingerprint density at radius 1 is 0.605 bits per heavy atom. The van der Waals surface area contributed by atoms with Gasteiger partial charge in [0.1, 0.15) is 0 Å². The predicted molar refractivity (Wildman–Crippen MR) is 189 cm³/mol. The van der Waals surface area contributed by atoms with Gasteiger partial charge in [0.05, 0.1) is 5.57 Å². The van der Waals surface area contributed by atoms with Gasteiger partial charge in [-0.2, -0.15) is 0 Å². The summed E-state index contributed by atoms with van der Waals surface area (Å²) in [5.74, 6) is 0. The van der Waals surface area contributed by atoms with E-state index in [-0.39, 0.29) is 0 Å². The van der Waals surface area contributed by atoms with Crippen LogP contribution in [0.25, 0.3) is 16.9 Å². The lowest BCUT2D eigenvalue weighted by Gasteiger charge is -2.19. The number of unbranched alkanes of at least 4 members (excludes halogenated alkanes) is 6. The predicted octanol–water partition coefficient (Wildman–Crippen LogP) is 12.7. The van der Waals surface area contributed by atoms with Crippen LogP contribution in [0.2, 0.25) is 0 Å². The molecule has 2 nitrogen and oxygen atoms in total. The summed E-state index contributed by atoms with van der Waals surface area (Å²) in [4.78, 5) is 0. The molecule has 0 aromatic heterocycles. The minimum absolute atomic E-state index is 0.945. The molecule has 0 saturated carbocycles. The Bertz CT molecular complexity index is 1280. The Kier molecular flexibility index (Phi) is 14.2. The van der Waals surface area contributed by atoms with Gasteiger partial charge in [-0.1, -0.05) is 85.3 Å². The Hall–Kier alpha value is -2.74. The zero-order valence-corrected chi connectivity index (χ0v) is 29.0. The van der Waals surface area contributed by atoms with Gasteiger partial charge in [-0.05, 0) is 136 Å². The molecule has 2 aromatic rings. The largest absolute Gasteiger partial charge is 0.493 e. The van der Waals surface area contributed by atoms with E-state index in [2.05, 4.69) is 91.8 Å². The number of hydrogen-bond donors (Lipinski definition) is 0. The van der Waals surface area contributed by atoms with E-state index in [4.69, 9.17) is 0 Å². The summed E-state index contributed by atoms with van der Waals surface area (Å²) in [5.41, 5.74) is 27.5. The molecule has 0 N–H and O–H groups in total. The molecular weight excluding hydrogens is 520 g/mol. The van der Waals surface area contributed by atoms with E-state index in [0.717, 1.165) is 61.9 Å². The fourth-order valence-electron chi connectivity index (χ4n) is 6.47. The monoisotopic (exact) mass is 580 g/mol. The van der Waals surface area contributed by atoms with Gasteiger partial charge >= 0.3 is 0 Å². The molecule has 0 radical (unpaired) electrons. The maximum absolute atomic E-state index is 12.3. The summed E-state index contributed by atoms with van der Waals surface area (Å²) in [6, 6.07) is 9.45. The van der Waals surface area contributed by atoms with Crippen molar-refractivity contribution in [3.05, 3.63) is 97.6 Å². The van der Waals surface area contributed by atoms with Crippen LogP contribution >= 0.6 is 0 Å². The highest BCUT2D eigenvalue weighted by Crippen LogP contribution is 2.44. The normalized spacial score (nSPS) is 13.8. The van der Waals surface area contributed by atoms with Crippen LogP contribution in [-0.2, 0) is 19.3 Å². The minimum atomic E-state index is 0.945. The number of hydrogen-bond acceptors (Lipinski definition) is 0. The first-order valence-corrected chi connectivity index (χ1v) is 17.7. The molecule has 0 bridgehead atoms. The van der Waals surface area contributed by atoms with Gasteiger partial charge in [0.25, 0.3) is 0 Å². The van der Waals surface area contributed by atoms with Gasteiger partial charge in [0.15, 0.2) is 0 Å². The minimum Gasteiger partial charge on any atom is -0.493 e. The van der Waals surface area contributed by atoms with Crippen LogP contribution in [0.1, 0.15) is 156 Å². The standard InChI is InChI=1S/C41H60N2/c1-9-14-19-20-25-39-38(24-18-13-5)41(43(42)40(39)35-26-30(6)32(8)31(7)27-35)36-28-33(21-15-10-2)37(23-17-12-4)34(29-36)22-16-11-3/h20,25-29H,9-19,21-24H2,1-8H3. The van der Waals surface area contributed by atoms with Gasteiger partial charge in [-0.3, -0.25) is 0 Å². The second-order valence-electron chi connectivity index (χ2n) is 12.9. The van der Waals surface area contributed by atoms with E-state index in [1.165, 1.54) is 95.9 Å². The van der Waals surface area contributed by atoms with Crippen LogP contribution < -0.4 is 0 Å². The van der Waals surface area contributed by atoms with Crippen LogP contribution in [0.3, 0.4) is 0 Å². The average Bonchev–Trinajstić information content (AvgIpc) is 3.27. The van der Waals surface area contributed by atoms with Crippen molar-refractivity contribution >= 4 is 11.4 Å². The van der Waals surface area contributed by atoms with Crippen molar-refractivity contribution < 1.29 is 4.70 Å². The molecule has 0 atom stereocenters. The van der Waals surface area contributed by atoms with Crippen molar-refractivity contribution in [3.63, 3.8) is 0 Å². The number of nitrogens with zero attached hydrogens (tertiary/aromatic N) is 2. The van der Waals surface area contributed by atoms with Crippen molar-refractivity contribution in [3.8, 4) is 0 Å². The summed E-state index contributed by atoms with van der Waals surface area (Å²) in [6.45, 7) is 18.0. The number of allylic oxidation sites excluding steroid dienone is 4. The maximum Gasteiger partial charge on any atom is 0.215 e. The second kappa shape index (κ2) is 17.5. The van der Waals surface area contributed by atoms with Crippen molar-refractivity contribution in [1.29, 1.82) is 0 Å². The summed E-state index contributed by atoms with van der Waals surface area (Å²) in [6.07, 6.45) is 22.0. The van der Waals surface area contributed by atoms with Crippen LogP contribution in [0.4, 0.5) is 0 Å². The molecule has 43 heavy (non-hydrogen) atoms. The molecule has 2 aromatic carbocycles. The molecule has 1 heterocycles. The van der Waals surface area contributed by atoms with Gasteiger partial charge < -0.3 is 5.53 Å². The lowest BCUT2D eigenvalue weighted by molar-refractivity contribution is -0.345. The first kappa shape index (κ1) is 34.7. The molecule has 3 rings (SSSR count). The third kappa shape index (κ3) is 8.68. The van der Waals surface area contributed by atoms with Gasteiger partial charge in [0.2, 0.25) is 11.4 Å². The van der Waals surface area contributed by atoms with E-state index in [1.807, 2.05) is 0 Å². The molecule has 0 fully saturated rings. The Morgan fingerprint density at radius 2 is 1.09 bits per heavy atom. The van der Waals surface area contributed by atoms with E-state index in [9.17, 15) is 5.53 Å². The topological polar surface area (TPSA) is 25.3 Å². The van der Waals surface area contributed by atoms with E-state index in [1.54, 1.807) is 10.3 Å². The lowest BCUT2D eigenvalue weighted by atomic mass is 9.87. The number of rotatable bonds is 18. The first-order chi connectivity index (χ1) is 20.8. The van der Waals surface area contributed by atoms with Gasteiger partial charge in [-0.15, -0.1) is 0 Å². The molecule has 234 valence electrons. The summed E-state index contributed by atoms with van der Waals surface area (Å²) < 4.78 is 1.57.